The van der Waals surface area contributed by atoms with Crippen LogP contribution in [0.25, 0.3) is 0 Å². The molecule has 2 N–H and O–H groups in total. The van der Waals surface area contributed by atoms with Gasteiger partial charge in [-0.05, 0) is 54.7 Å². The van der Waals surface area contributed by atoms with Crippen LogP contribution in [0, 0.1) is 5.92 Å². The van der Waals surface area contributed by atoms with Crippen LogP contribution in [0.5, 0.6) is 5.75 Å². The Labute approximate surface area is 153 Å². The van der Waals surface area contributed by atoms with E-state index < -0.39 is 0 Å². The Morgan fingerprint density at radius 3 is 2.31 bits per heavy atom. The third-order valence-electron chi connectivity index (χ3n) is 4.28. The van der Waals surface area contributed by atoms with Gasteiger partial charge in [-0.25, -0.2) is 0 Å². The van der Waals surface area contributed by atoms with Gasteiger partial charge in [-0.2, -0.15) is 0 Å². The maximum atomic E-state index is 12.1. The minimum Gasteiger partial charge on any atom is -0.484 e. The number of ether oxygens (including phenoxy) is 1. The first-order valence-electron chi connectivity index (χ1n) is 8.95. The van der Waals surface area contributed by atoms with E-state index >= 15 is 0 Å². The molecule has 0 bridgehead atoms. The average molecular weight is 352 g/mol. The van der Waals surface area contributed by atoms with E-state index in [4.69, 9.17) is 4.74 Å². The van der Waals surface area contributed by atoms with Crippen LogP contribution in [0.3, 0.4) is 0 Å². The van der Waals surface area contributed by atoms with Gasteiger partial charge in [-0.1, -0.05) is 32.0 Å². The number of anilines is 2. The molecule has 5 nitrogen and oxygen atoms in total. The van der Waals surface area contributed by atoms with Gasteiger partial charge in [-0.15, -0.1) is 0 Å². The number of hydrogen-bond donors (Lipinski definition) is 2. The Bertz CT molecular complexity index is 780. The van der Waals surface area contributed by atoms with Gasteiger partial charge in [0.1, 0.15) is 5.75 Å². The number of hydrogen-bond acceptors (Lipinski definition) is 3. The minimum atomic E-state index is -0.247. The van der Waals surface area contributed by atoms with Gasteiger partial charge in [0.05, 0.1) is 0 Å². The second-order valence-corrected chi connectivity index (χ2v) is 6.90. The van der Waals surface area contributed by atoms with Gasteiger partial charge in [0.25, 0.3) is 5.91 Å². The van der Waals surface area contributed by atoms with Crippen LogP contribution in [0.1, 0.15) is 38.2 Å². The van der Waals surface area contributed by atoms with Crippen molar-refractivity contribution in [1.82, 2.24) is 0 Å². The second kappa shape index (κ2) is 8.04. The van der Waals surface area contributed by atoms with Crippen molar-refractivity contribution in [1.29, 1.82) is 0 Å². The third-order valence-corrected chi connectivity index (χ3v) is 4.28. The van der Waals surface area contributed by atoms with Crippen LogP contribution >= 0.6 is 0 Å². The van der Waals surface area contributed by atoms with Crippen molar-refractivity contribution < 1.29 is 14.3 Å². The van der Waals surface area contributed by atoms with Crippen molar-refractivity contribution in [2.45, 2.75) is 32.6 Å². The number of amides is 2. The highest BCUT2D eigenvalue weighted by Crippen LogP contribution is 2.30. The van der Waals surface area contributed by atoms with Crippen LogP contribution in [0.15, 0.2) is 48.5 Å². The standard InChI is InChI=1S/C21H24N2O3/c1-14(2)15-8-10-19(11-9-15)26-13-20(24)22-17-4-3-5-18(12-17)23-21(25)16-6-7-16/h3-5,8-12,14,16H,6-7,13H2,1-2H3,(H,22,24)(H,23,25). The van der Waals surface area contributed by atoms with E-state index in [1.165, 1.54) is 5.56 Å². The second-order valence-electron chi connectivity index (χ2n) is 6.90. The Hall–Kier alpha value is -2.82. The van der Waals surface area contributed by atoms with Crippen molar-refractivity contribution in [3.63, 3.8) is 0 Å². The topological polar surface area (TPSA) is 67.4 Å². The zero-order valence-electron chi connectivity index (χ0n) is 15.1. The first kappa shape index (κ1) is 18.0. The van der Waals surface area contributed by atoms with Crippen molar-refractivity contribution in [3.05, 3.63) is 54.1 Å². The largest absolute Gasteiger partial charge is 0.484 e. The first-order valence-corrected chi connectivity index (χ1v) is 8.95. The fourth-order valence-corrected chi connectivity index (χ4v) is 2.56. The fourth-order valence-electron chi connectivity index (χ4n) is 2.56. The molecule has 0 aliphatic heterocycles. The van der Waals surface area contributed by atoms with Crippen molar-refractivity contribution in [3.8, 4) is 5.75 Å². The number of carbonyl (C=O) groups excluding carboxylic acids is 2. The highest BCUT2D eigenvalue weighted by Gasteiger charge is 2.29. The average Bonchev–Trinajstić information content (AvgIpc) is 3.46. The van der Waals surface area contributed by atoms with Gasteiger partial charge in [-0.3, -0.25) is 9.59 Å². The Morgan fingerprint density at radius 2 is 1.69 bits per heavy atom. The Morgan fingerprint density at radius 1 is 1.04 bits per heavy atom. The van der Waals surface area contributed by atoms with E-state index in [9.17, 15) is 9.59 Å². The predicted octanol–water partition coefficient (Wildman–Crippen LogP) is 4.18. The normalized spacial score (nSPS) is 13.3. The summed E-state index contributed by atoms with van der Waals surface area (Å²) in [6.45, 7) is 4.19. The SMILES string of the molecule is CC(C)c1ccc(OCC(=O)Nc2cccc(NC(=O)C3CC3)c2)cc1. The fraction of sp³-hybridized carbons (Fsp3) is 0.333. The molecule has 1 aliphatic carbocycles. The summed E-state index contributed by atoms with van der Waals surface area (Å²) < 4.78 is 5.53. The summed E-state index contributed by atoms with van der Waals surface area (Å²) in [7, 11) is 0. The Balaban J connectivity index is 1.50. The van der Waals surface area contributed by atoms with Crippen molar-refractivity contribution in [2.75, 3.05) is 17.2 Å². The summed E-state index contributed by atoms with van der Waals surface area (Å²) in [5, 5.41) is 5.65. The number of carbonyl (C=O) groups is 2. The lowest BCUT2D eigenvalue weighted by atomic mass is 10.0. The van der Waals surface area contributed by atoms with Gasteiger partial charge in [0, 0.05) is 17.3 Å². The molecule has 0 atom stereocenters. The number of nitrogens with one attached hydrogen (secondary N) is 2. The molecule has 1 fully saturated rings. The highest BCUT2D eigenvalue weighted by molar-refractivity contribution is 5.96. The molecule has 2 aromatic carbocycles. The molecule has 0 spiro atoms. The van der Waals surface area contributed by atoms with E-state index in [0.29, 0.717) is 23.0 Å². The molecular formula is C21H24N2O3. The molecule has 0 saturated heterocycles. The van der Waals surface area contributed by atoms with Crippen molar-refractivity contribution in [2.24, 2.45) is 5.92 Å². The molecule has 0 heterocycles. The molecule has 0 unspecified atom stereocenters. The quantitative estimate of drug-likeness (QED) is 0.786. The summed E-state index contributed by atoms with van der Waals surface area (Å²) in [5.74, 6) is 1.06. The van der Waals surface area contributed by atoms with E-state index in [2.05, 4.69) is 24.5 Å². The maximum Gasteiger partial charge on any atom is 0.262 e. The predicted molar refractivity (Wildman–Crippen MR) is 102 cm³/mol. The summed E-state index contributed by atoms with van der Waals surface area (Å²) in [6, 6.07) is 14.9. The van der Waals surface area contributed by atoms with Gasteiger partial charge in [0.2, 0.25) is 5.91 Å². The molecule has 3 rings (SSSR count). The van der Waals surface area contributed by atoms with E-state index in [-0.39, 0.29) is 24.3 Å². The zero-order chi connectivity index (χ0) is 18.5. The monoisotopic (exact) mass is 352 g/mol. The summed E-state index contributed by atoms with van der Waals surface area (Å²) >= 11 is 0. The molecule has 0 aromatic heterocycles. The molecule has 0 radical (unpaired) electrons. The van der Waals surface area contributed by atoms with Crippen LogP contribution < -0.4 is 15.4 Å². The van der Waals surface area contributed by atoms with Gasteiger partial charge >= 0.3 is 0 Å². The van der Waals surface area contributed by atoms with E-state index in [1.54, 1.807) is 18.2 Å². The molecule has 2 amide bonds. The summed E-state index contributed by atoms with van der Waals surface area (Å²) in [5.41, 5.74) is 2.54. The molecule has 1 saturated carbocycles. The molecule has 136 valence electrons. The summed E-state index contributed by atoms with van der Waals surface area (Å²) in [4.78, 5) is 23.9. The van der Waals surface area contributed by atoms with Crippen LogP contribution in [-0.2, 0) is 9.59 Å². The lowest BCUT2D eigenvalue weighted by Gasteiger charge is -2.10. The smallest absolute Gasteiger partial charge is 0.262 e. The lowest BCUT2D eigenvalue weighted by Crippen LogP contribution is -2.20. The molecule has 2 aromatic rings. The third kappa shape index (κ3) is 5.09. The van der Waals surface area contributed by atoms with Crippen LogP contribution in [0.2, 0.25) is 0 Å². The first-order chi connectivity index (χ1) is 12.5. The molecule has 1 aliphatic rings. The van der Waals surface area contributed by atoms with E-state index in [1.807, 2.05) is 30.3 Å². The zero-order valence-corrected chi connectivity index (χ0v) is 15.1. The van der Waals surface area contributed by atoms with E-state index in [0.717, 1.165) is 12.8 Å². The van der Waals surface area contributed by atoms with Crippen LogP contribution in [0.4, 0.5) is 11.4 Å². The lowest BCUT2D eigenvalue weighted by molar-refractivity contribution is -0.118. The Kier molecular flexibility index (Phi) is 5.56. The number of benzene rings is 2. The highest BCUT2D eigenvalue weighted by atomic mass is 16.5. The molecular weight excluding hydrogens is 328 g/mol. The van der Waals surface area contributed by atoms with Crippen LogP contribution in [-0.4, -0.2) is 18.4 Å². The molecule has 26 heavy (non-hydrogen) atoms. The number of rotatable bonds is 7. The minimum absolute atomic E-state index is 0.0432. The van der Waals surface area contributed by atoms with Gasteiger partial charge < -0.3 is 15.4 Å². The summed E-state index contributed by atoms with van der Waals surface area (Å²) in [6.07, 6.45) is 1.91. The van der Waals surface area contributed by atoms with Gasteiger partial charge in [0.15, 0.2) is 6.61 Å². The maximum absolute atomic E-state index is 12.1. The van der Waals surface area contributed by atoms with Crippen molar-refractivity contribution >= 4 is 23.2 Å². The molecule has 5 heteroatoms.